The zero-order chi connectivity index (χ0) is 13.2. The first kappa shape index (κ1) is 13.1. The molecule has 2 aliphatic rings. The van der Waals surface area contributed by atoms with Crippen LogP contribution in [0.1, 0.15) is 26.2 Å². The Morgan fingerprint density at radius 3 is 2.56 bits per heavy atom. The Labute approximate surface area is 106 Å². The number of carboxylic acid groups (broad SMARTS) is 1. The molecule has 0 aromatic carbocycles. The summed E-state index contributed by atoms with van der Waals surface area (Å²) in [6.07, 6.45) is 5.43. The molecule has 0 saturated carbocycles. The zero-order valence-electron chi connectivity index (χ0n) is 10.5. The van der Waals surface area contributed by atoms with Crippen LogP contribution in [0, 0.1) is 11.8 Å². The predicted octanol–water partition coefficient (Wildman–Crippen LogP) is 0.949. The van der Waals surface area contributed by atoms with Gasteiger partial charge in [-0.15, -0.1) is 0 Å². The summed E-state index contributed by atoms with van der Waals surface area (Å²) in [5.41, 5.74) is -0.346. The van der Waals surface area contributed by atoms with Gasteiger partial charge < -0.3 is 15.2 Å². The molecule has 1 aliphatic heterocycles. The molecule has 1 amide bonds. The minimum atomic E-state index is -0.896. The highest BCUT2D eigenvalue weighted by Gasteiger charge is 2.38. The molecule has 5 heteroatoms. The van der Waals surface area contributed by atoms with Crippen LogP contribution < -0.4 is 5.32 Å². The Morgan fingerprint density at radius 2 is 2.00 bits per heavy atom. The second-order valence-electron chi connectivity index (χ2n) is 5.35. The molecule has 1 aliphatic carbocycles. The van der Waals surface area contributed by atoms with Gasteiger partial charge >= 0.3 is 5.97 Å². The number of nitrogens with one attached hydrogen (secondary N) is 1. The third-order valence-corrected chi connectivity index (χ3v) is 3.73. The second-order valence-corrected chi connectivity index (χ2v) is 5.35. The summed E-state index contributed by atoms with van der Waals surface area (Å²) >= 11 is 0. The molecular weight excluding hydrogens is 234 g/mol. The van der Waals surface area contributed by atoms with Gasteiger partial charge in [-0.1, -0.05) is 12.2 Å². The second kappa shape index (κ2) is 5.10. The Kier molecular flexibility index (Phi) is 3.71. The van der Waals surface area contributed by atoms with Gasteiger partial charge in [-0.05, 0) is 26.2 Å². The van der Waals surface area contributed by atoms with Crippen LogP contribution in [-0.4, -0.2) is 35.7 Å². The molecule has 1 fully saturated rings. The number of hydrogen-bond donors (Lipinski definition) is 2. The fourth-order valence-electron chi connectivity index (χ4n) is 2.53. The summed E-state index contributed by atoms with van der Waals surface area (Å²) in [4.78, 5) is 23.4. The molecule has 100 valence electrons. The lowest BCUT2D eigenvalue weighted by molar-refractivity contribution is -0.147. The molecule has 0 spiro atoms. The lowest BCUT2D eigenvalue weighted by Crippen LogP contribution is -2.50. The fraction of sp³-hybridized carbons (Fsp3) is 0.692. The van der Waals surface area contributed by atoms with Crippen LogP contribution in [0.15, 0.2) is 12.2 Å². The number of hydrogen-bond acceptors (Lipinski definition) is 3. The molecule has 1 unspecified atom stereocenters. The van der Waals surface area contributed by atoms with Gasteiger partial charge in [0.2, 0.25) is 5.91 Å². The van der Waals surface area contributed by atoms with Crippen molar-refractivity contribution in [2.45, 2.75) is 31.7 Å². The molecule has 2 N–H and O–H groups in total. The normalized spacial score (nSPS) is 35.4. The van der Waals surface area contributed by atoms with Crippen molar-refractivity contribution in [1.29, 1.82) is 0 Å². The topological polar surface area (TPSA) is 75.6 Å². The first-order valence-electron chi connectivity index (χ1n) is 6.29. The van der Waals surface area contributed by atoms with Crippen LogP contribution in [0.4, 0.5) is 0 Å². The van der Waals surface area contributed by atoms with Crippen LogP contribution in [0.2, 0.25) is 0 Å². The third kappa shape index (κ3) is 2.72. The monoisotopic (exact) mass is 253 g/mol. The standard InChI is InChI=1S/C13H19NO4/c1-13(6-7-18-8-13)14-11(15)9-4-2-3-5-10(9)12(16)17/h2-3,9-10H,4-8H2,1H3,(H,14,15)(H,16,17)/t9-,10+,13?/m1/s1. The molecule has 1 saturated heterocycles. The van der Waals surface area contributed by atoms with E-state index in [1.807, 2.05) is 19.1 Å². The highest BCUT2D eigenvalue weighted by atomic mass is 16.5. The number of amides is 1. The first-order valence-corrected chi connectivity index (χ1v) is 6.29. The van der Waals surface area contributed by atoms with Gasteiger partial charge in [0.15, 0.2) is 0 Å². The molecule has 18 heavy (non-hydrogen) atoms. The lowest BCUT2D eigenvalue weighted by atomic mass is 9.82. The summed E-state index contributed by atoms with van der Waals surface area (Å²) in [7, 11) is 0. The van der Waals surface area contributed by atoms with Gasteiger partial charge in [-0.3, -0.25) is 9.59 Å². The van der Waals surface area contributed by atoms with Crippen molar-refractivity contribution in [3.63, 3.8) is 0 Å². The Hall–Kier alpha value is -1.36. The molecule has 0 aromatic rings. The average Bonchev–Trinajstić information content (AvgIpc) is 2.75. The van der Waals surface area contributed by atoms with Crippen LogP contribution >= 0.6 is 0 Å². The molecular formula is C13H19NO4. The molecule has 0 radical (unpaired) electrons. The molecule has 3 atom stereocenters. The van der Waals surface area contributed by atoms with E-state index in [0.29, 0.717) is 26.1 Å². The van der Waals surface area contributed by atoms with Crippen molar-refractivity contribution in [2.75, 3.05) is 13.2 Å². The largest absolute Gasteiger partial charge is 0.481 e. The molecule has 0 bridgehead atoms. The number of carbonyl (C=O) groups excluding carboxylic acids is 1. The van der Waals surface area contributed by atoms with Crippen molar-refractivity contribution in [3.8, 4) is 0 Å². The van der Waals surface area contributed by atoms with Crippen LogP contribution in [0.25, 0.3) is 0 Å². The summed E-state index contributed by atoms with van der Waals surface area (Å²) in [5.74, 6) is -2.14. The summed E-state index contributed by atoms with van der Waals surface area (Å²) < 4.78 is 5.28. The lowest BCUT2D eigenvalue weighted by Gasteiger charge is -2.30. The van der Waals surface area contributed by atoms with E-state index < -0.39 is 17.8 Å². The van der Waals surface area contributed by atoms with Crippen LogP contribution in [0.5, 0.6) is 0 Å². The van der Waals surface area contributed by atoms with Crippen molar-refractivity contribution >= 4 is 11.9 Å². The van der Waals surface area contributed by atoms with Crippen molar-refractivity contribution in [1.82, 2.24) is 5.32 Å². The number of carboxylic acids is 1. The zero-order valence-corrected chi connectivity index (χ0v) is 10.5. The predicted molar refractivity (Wildman–Crippen MR) is 65.0 cm³/mol. The average molecular weight is 253 g/mol. The maximum absolute atomic E-state index is 12.2. The minimum absolute atomic E-state index is 0.167. The van der Waals surface area contributed by atoms with Gasteiger partial charge in [-0.25, -0.2) is 0 Å². The van der Waals surface area contributed by atoms with E-state index >= 15 is 0 Å². The Bertz CT molecular complexity index is 371. The Balaban J connectivity index is 2.03. The van der Waals surface area contributed by atoms with Gasteiger partial charge in [0.25, 0.3) is 0 Å². The number of allylic oxidation sites excluding steroid dienone is 2. The number of aliphatic carboxylic acids is 1. The van der Waals surface area contributed by atoms with Crippen molar-refractivity contribution in [3.05, 3.63) is 12.2 Å². The third-order valence-electron chi connectivity index (χ3n) is 3.73. The maximum atomic E-state index is 12.2. The van der Waals surface area contributed by atoms with Gasteiger partial charge in [0.05, 0.1) is 24.0 Å². The van der Waals surface area contributed by atoms with E-state index in [9.17, 15) is 9.59 Å². The highest BCUT2D eigenvalue weighted by molar-refractivity contribution is 5.85. The van der Waals surface area contributed by atoms with Gasteiger partial charge in [-0.2, -0.15) is 0 Å². The SMILES string of the molecule is CC1(NC(=O)[C@@H]2CC=CC[C@@H]2C(=O)O)CCOC1. The summed E-state index contributed by atoms with van der Waals surface area (Å²) in [6.45, 7) is 3.08. The van der Waals surface area contributed by atoms with Crippen LogP contribution in [0.3, 0.4) is 0 Å². The van der Waals surface area contributed by atoms with E-state index in [4.69, 9.17) is 9.84 Å². The minimum Gasteiger partial charge on any atom is -0.481 e. The van der Waals surface area contributed by atoms with E-state index in [1.165, 1.54) is 0 Å². The molecule has 0 aromatic heterocycles. The smallest absolute Gasteiger partial charge is 0.307 e. The van der Waals surface area contributed by atoms with Crippen LogP contribution in [-0.2, 0) is 14.3 Å². The van der Waals surface area contributed by atoms with E-state index in [-0.39, 0.29) is 11.4 Å². The highest BCUT2D eigenvalue weighted by Crippen LogP contribution is 2.27. The van der Waals surface area contributed by atoms with Gasteiger partial charge in [0.1, 0.15) is 0 Å². The number of rotatable bonds is 3. The van der Waals surface area contributed by atoms with E-state index in [2.05, 4.69) is 5.32 Å². The van der Waals surface area contributed by atoms with Crippen molar-refractivity contribution < 1.29 is 19.4 Å². The number of carbonyl (C=O) groups is 2. The molecule has 5 nitrogen and oxygen atoms in total. The van der Waals surface area contributed by atoms with Crippen molar-refractivity contribution in [2.24, 2.45) is 11.8 Å². The summed E-state index contributed by atoms with van der Waals surface area (Å²) in [6, 6.07) is 0. The fourth-order valence-corrected chi connectivity index (χ4v) is 2.53. The number of ether oxygens (including phenoxy) is 1. The van der Waals surface area contributed by atoms with E-state index in [1.54, 1.807) is 0 Å². The molecule has 1 heterocycles. The summed E-state index contributed by atoms with van der Waals surface area (Å²) in [5, 5.41) is 12.1. The quantitative estimate of drug-likeness (QED) is 0.734. The van der Waals surface area contributed by atoms with Gasteiger partial charge in [0, 0.05) is 6.61 Å². The first-order chi connectivity index (χ1) is 8.52. The van der Waals surface area contributed by atoms with E-state index in [0.717, 1.165) is 6.42 Å². The Morgan fingerprint density at radius 1 is 1.33 bits per heavy atom. The maximum Gasteiger partial charge on any atom is 0.307 e. The molecule has 2 rings (SSSR count).